The van der Waals surface area contributed by atoms with Crippen LogP contribution in [0.5, 0.6) is 0 Å². The van der Waals surface area contributed by atoms with E-state index in [0.717, 1.165) is 30.2 Å². The van der Waals surface area contributed by atoms with E-state index in [1.54, 1.807) is 12.4 Å². The Labute approximate surface area is 88.3 Å². The monoisotopic (exact) mass is 212 g/mol. The predicted octanol–water partition coefficient (Wildman–Crippen LogP) is 1.16. The van der Waals surface area contributed by atoms with Gasteiger partial charge in [-0.3, -0.25) is 9.88 Å². The van der Waals surface area contributed by atoms with Crippen LogP contribution in [0.1, 0.15) is 5.56 Å². The van der Waals surface area contributed by atoms with Crippen LogP contribution in [0.15, 0.2) is 18.5 Å². The summed E-state index contributed by atoms with van der Waals surface area (Å²) in [5, 5.41) is 9.58. The van der Waals surface area contributed by atoms with Crippen molar-refractivity contribution in [1.82, 2.24) is 9.88 Å². The molecular weight excluding hydrogens is 200 g/mol. The molecule has 0 spiro atoms. The summed E-state index contributed by atoms with van der Waals surface area (Å²) < 4.78 is 0. The summed E-state index contributed by atoms with van der Waals surface area (Å²) in [5.74, 6) is 0.454. The first-order valence-corrected chi connectivity index (χ1v) is 5.09. The molecule has 0 aromatic carbocycles. The molecule has 0 aliphatic carbocycles. The Hall–Kier alpha value is -0.640. The third-order valence-corrected chi connectivity index (χ3v) is 2.88. The Morgan fingerprint density at radius 3 is 3.00 bits per heavy atom. The number of hydrogen-bond acceptors (Lipinski definition) is 3. The van der Waals surface area contributed by atoms with Gasteiger partial charge in [-0.1, -0.05) is 11.6 Å². The lowest BCUT2D eigenvalue weighted by Gasteiger charge is -2.38. The third-order valence-electron chi connectivity index (χ3n) is 2.54. The molecule has 1 aliphatic rings. The first-order chi connectivity index (χ1) is 6.79. The Morgan fingerprint density at radius 1 is 1.57 bits per heavy atom. The molecule has 1 aromatic rings. The molecule has 1 aliphatic heterocycles. The maximum atomic E-state index is 8.86. The summed E-state index contributed by atoms with van der Waals surface area (Å²) >= 11 is 5.98. The zero-order valence-corrected chi connectivity index (χ0v) is 8.61. The number of halogens is 1. The molecule has 1 aromatic heterocycles. The largest absolute Gasteiger partial charge is 0.396 e. The maximum Gasteiger partial charge on any atom is 0.0634 e. The van der Waals surface area contributed by atoms with Crippen LogP contribution in [0.2, 0.25) is 5.02 Å². The van der Waals surface area contributed by atoms with Gasteiger partial charge in [0, 0.05) is 44.6 Å². The smallest absolute Gasteiger partial charge is 0.0634 e. The quantitative estimate of drug-likeness (QED) is 0.817. The Kier molecular flexibility index (Phi) is 3.01. The van der Waals surface area contributed by atoms with Crippen LogP contribution in [0.25, 0.3) is 0 Å². The molecule has 1 N–H and O–H groups in total. The zero-order valence-electron chi connectivity index (χ0n) is 7.86. The second-order valence-electron chi connectivity index (χ2n) is 3.71. The van der Waals surface area contributed by atoms with Gasteiger partial charge < -0.3 is 5.11 Å². The Bertz CT molecular complexity index is 313. The lowest BCUT2D eigenvalue weighted by atomic mass is 10.0. The molecule has 2 rings (SSSR count). The van der Waals surface area contributed by atoms with Crippen molar-refractivity contribution >= 4 is 11.6 Å². The highest BCUT2D eigenvalue weighted by atomic mass is 35.5. The van der Waals surface area contributed by atoms with Gasteiger partial charge in [-0.15, -0.1) is 0 Å². The van der Waals surface area contributed by atoms with Crippen LogP contribution >= 0.6 is 11.6 Å². The molecule has 14 heavy (non-hydrogen) atoms. The van der Waals surface area contributed by atoms with Crippen LogP contribution in [0, 0.1) is 5.92 Å². The number of aliphatic hydroxyl groups is 1. The van der Waals surface area contributed by atoms with Crippen molar-refractivity contribution in [2.45, 2.75) is 6.54 Å². The topological polar surface area (TPSA) is 36.4 Å². The van der Waals surface area contributed by atoms with E-state index in [-0.39, 0.29) is 0 Å². The lowest BCUT2D eigenvalue weighted by molar-refractivity contribution is 0.0479. The average Bonchev–Trinajstić information content (AvgIpc) is 2.13. The number of nitrogens with zero attached hydrogens (tertiary/aromatic N) is 2. The van der Waals surface area contributed by atoms with E-state index in [4.69, 9.17) is 16.7 Å². The van der Waals surface area contributed by atoms with Gasteiger partial charge in [0.15, 0.2) is 0 Å². The van der Waals surface area contributed by atoms with Gasteiger partial charge in [0.1, 0.15) is 0 Å². The molecule has 2 heterocycles. The number of aromatic nitrogens is 1. The van der Waals surface area contributed by atoms with Crippen molar-refractivity contribution in [2.24, 2.45) is 5.92 Å². The molecule has 1 fully saturated rings. The molecule has 0 bridgehead atoms. The SMILES string of the molecule is OCC1CN(Cc2ccncc2Cl)C1. The van der Waals surface area contributed by atoms with Gasteiger partial charge in [-0.25, -0.2) is 0 Å². The van der Waals surface area contributed by atoms with E-state index >= 15 is 0 Å². The van der Waals surface area contributed by atoms with E-state index in [0.29, 0.717) is 12.5 Å². The second-order valence-corrected chi connectivity index (χ2v) is 4.12. The van der Waals surface area contributed by atoms with Crippen LogP contribution in [0.4, 0.5) is 0 Å². The van der Waals surface area contributed by atoms with E-state index in [1.807, 2.05) is 6.07 Å². The number of aliphatic hydroxyl groups excluding tert-OH is 1. The van der Waals surface area contributed by atoms with Crippen molar-refractivity contribution in [2.75, 3.05) is 19.7 Å². The highest BCUT2D eigenvalue weighted by molar-refractivity contribution is 6.31. The molecule has 0 unspecified atom stereocenters. The Morgan fingerprint density at radius 2 is 2.36 bits per heavy atom. The van der Waals surface area contributed by atoms with E-state index in [1.165, 1.54) is 0 Å². The summed E-state index contributed by atoms with van der Waals surface area (Å²) in [6.45, 7) is 3.09. The molecule has 0 radical (unpaired) electrons. The van der Waals surface area contributed by atoms with Gasteiger partial charge >= 0.3 is 0 Å². The van der Waals surface area contributed by atoms with Crippen LogP contribution < -0.4 is 0 Å². The van der Waals surface area contributed by atoms with E-state index in [2.05, 4.69) is 9.88 Å². The fourth-order valence-corrected chi connectivity index (χ4v) is 1.87. The summed E-state index contributed by atoms with van der Waals surface area (Å²) in [4.78, 5) is 6.20. The molecule has 0 amide bonds. The highest BCUT2D eigenvalue weighted by Gasteiger charge is 2.25. The van der Waals surface area contributed by atoms with E-state index in [9.17, 15) is 0 Å². The molecule has 0 atom stereocenters. The minimum absolute atomic E-state index is 0.292. The Balaban J connectivity index is 1.90. The second kappa shape index (κ2) is 4.26. The zero-order chi connectivity index (χ0) is 9.97. The summed E-state index contributed by atoms with van der Waals surface area (Å²) in [6.07, 6.45) is 3.42. The fourth-order valence-electron chi connectivity index (χ4n) is 1.69. The van der Waals surface area contributed by atoms with Gasteiger partial charge in [0.25, 0.3) is 0 Å². The van der Waals surface area contributed by atoms with Crippen LogP contribution in [0.3, 0.4) is 0 Å². The molecule has 3 nitrogen and oxygen atoms in total. The number of hydrogen-bond donors (Lipinski definition) is 1. The van der Waals surface area contributed by atoms with Gasteiger partial charge in [-0.2, -0.15) is 0 Å². The number of likely N-dealkylation sites (tertiary alicyclic amines) is 1. The van der Waals surface area contributed by atoms with Gasteiger partial charge in [0.05, 0.1) is 5.02 Å². The maximum absolute atomic E-state index is 8.86. The van der Waals surface area contributed by atoms with E-state index < -0.39 is 0 Å². The lowest BCUT2D eigenvalue weighted by Crippen LogP contribution is -2.47. The first kappa shape index (κ1) is 9.90. The summed E-state index contributed by atoms with van der Waals surface area (Å²) in [6, 6.07) is 1.94. The molecule has 4 heteroatoms. The average molecular weight is 213 g/mol. The first-order valence-electron chi connectivity index (χ1n) is 4.71. The summed E-state index contributed by atoms with van der Waals surface area (Å²) in [5.41, 5.74) is 1.11. The highest BCUT2D eigenvalue weighted by Crippen LogP contribution is 2.21. The van der Waals surface area contributed by atoms with Gasteiger partial charge in [0.2, 0.25) is 0 Å². The summed E-state index contributed by atoms with van der Waals surface area (Å²) in [7, 11) is 0. The van der Waals surface area contributed by atoms with Gasteiger partial charge in [-0.05, 0) is 11.6 Å². The van der Waals surface area contributed by atoms with Crippen LogP contribution in [-0.2, 0) is 6.54 Å². The van der Waals surface area contributed by atoms with Crippen LogP contribution in [-0.4, -0.2) is 34.7 Å². The molecule has 1 saturated heterocycles. The fraction of sp³-hybridized carbons (Fsp3) is 0.500. The van der Waals surface area contributed by atoms with Crippen molar-refractivity contribution < 1.29 is 5.11 Å². The van der Waals surface area contributed by atoms with Crippen molar-refractivity contribution in [3.63, 3.8) is 0 Å². The molecule has 0 saturated carbocycles. The minimum Gasteiger partial charge on any atom is -0.396 e. The number of rotatable bonds is 3. The standard InChI is InChI=1S/C10H13ClN2O/c11-10-3-12-2-1-9(10)6-13-4-8(5-13)7-14/h1-3,8,14H,4-7H2. The molecule has 76 valence electrons. The van der Waals surface area contributed by atoms with Crippen molar-refractivity contribution in [1.29, 1.82) is 0 Å². The van der Waals surface area contributed by atoms with Crippen molar-refractivity contribution in [3.8, 4) is 0 Å². The minimum atomic E-state index is 0.292. The molecular formula is C10H13ClN2O. The normalized spacial score (nSPS) is 18.1. The predicted molar refractivity (Wildman–Crippen MR) is 55.1 cm³/mol. The third kappa shape index (κ3) is 2.05. The van der Waals surface area contributed by atoms with Crippen molar-refractivity contribution in [3.05, 3.63) is 29.0 Å². The number of pyridine rings is 1.